The highest BCUT2D eigenvalue weighted by Gasteiger charge is 2.08. The van der Waals surface area contributed by atoms with Gasteiger partial charge in [-0.05, 0) is 45.1 Å². The van der Waals surface area contributed by atoms with E-state index in [0.29, 0.717) is 0 Å². The summed E-state index contributed by atoms with van der Waals surface area (Å²) in [5, 5.41) is 2.05. The standard InChI is InChI=1S/C13H17ClN2/c1-16(2)9-5-7-11-10-6-3-4-8-12(10)15-13(11)14/h3-4,6,8,15H,5,7,9H2,1-2H3. The number of aromatic amines is 1. The number of halogens is 1. The van der Waals surface area contributed by atoms with Gasteiger partial charge in [-0.1, -0.05) is 29.8 Å². The lowest BCUT2D eigenvalue weighted by Gasteiger charge is -2.08. The second-order valence-electron chi connectivity index (χ2n) is 4.37. The number of rotatable bonds is 4. The minimum atomic E-state index is 0.792. The summed E-state index contributed by atoms with van der Waals surface area (Å²) in [6.45, 7) is 1.09. The van der Waals surface area contributed by atoms with Crippen molar-refractivity contribution < 1.29 is 0 Å². The van der Waals surface area contributed by atoms with Gasteiger partial charge in [-0.15, -0.1) is 0 Å². The Morgan fingerprint density at radius 3 is 2.75 bits per heavy atom. The van der Waals surface area contributed by atoms with Crippen molar-refractivity contribution in [1.29, 1.82) is 0 Å². The Bertz CT molecular complexity index is 474. The van der Waals surface area contributed by atoms with Gasteiger partial charge >= 0.3 is 0 Å². The fraction of sp³-hybridized carbons (Fsp3) is 0.385. The molecule has 0 radical (unpaired) electrons. The van der Waals surface area contributed by atoms with Crippen molar-refractivity contribution >= 4 is 22.5 Å². The lowest BCUT2D eigenvalue weighted by molar-refractivity contribution is 0.400. The van der Waals surface area contributed by atoms with Crippen molar-refractivity contribution in [3.05, 3.63) is 35.0 Å². The van der Waals surface area contributed by atoms with Gasteiger partial charge in [-0.25, -0.2) is 0 Å². The summed E-state index contributed by atoms with van der Waals surface area (Å²) in [5.41, 5.74) is 2.38. The lowest BCUT2D eigenvalue weighted by atomic mass is 10.1. The smallest absolute Gasteiger partial charge is 0.110 e. The van der Waals surface area contributed by atoms with E-state index in [-0.39, 0.29) is 0 Å². The summed E-state index contributed by atoms with van der Waals surface area (Å²) < 4.78 is 0. The maximum absolute atomic E-state index is 6.21. The third kappa shape index (κ3) is 2.39. The molecule has 0 unspecified atom stereocenters. The van der Waals surface area contributed by atoms with Crippen LogP contribution < -0.4 is 0 Å². The first-order valence-electron chi connectivity index (χ1n) is 5.58. The summed E-state index contributed by atoms with van der Waals surface area (Å²) in [6, 6.07) is 8.28. The van der Waals surface area contributed by atoms with E-state index in [1.165, 1.54) is 10.9 Å². The van der Waals surface area contributed by atoms with E-state index < -0.39 is 0 Å². The number of H-pyrrole nitrogens is 1. The van der Waals surface area contributed by atoms with E-state index >= 15 is 0 Å². The second kappa shape index (κ2) is 4.89. The Hall–Kier alpha value is -0.990. The molecule has 1 aromatic carbocycles. The third-order valence-electron chi connectivity index (χ3n) is 2.79. The van der Waals surface area contributed by atoms with Gasteiger partial charge in [0.05, 0.1) is 0 Å². The molecule has 0 aliphatic carbocycles. The minimum Gasteiger partial charge on any atom is -0.345 e. The molecule has 1 N–H and O–H groups in total. The first-order valence-corrected chi connectivity index (χ1v) is 5.96. The van der Waals surface area contributed by atoms with Crippen LogP contribution in [0.5, 0.6) is 0 Å². The van der Waals surface area contributed by atoms with Crippen LogP contribution in [-0.4, -0.2) is 30.5 Å². The number of aryl methyl sites for hydroxylation is 1. The number of nitrogens with zero attached hydrogens (tertiary/aromatic N) is 1. The fourth-order valence-corrected chi connectivity index (χ4v) is 2.28. The monoisotopic (exact) mass is 236 g/mol. The van der Waals surface area contributed by atoms with Crippen LogP contribution in [0.1, 0.15) is 12.0 Å². The van der Waals surface area contributed by atoms with E-state index in [0.717, 1.165) is 30.1 Å². The number of aromatic nitrogens is 1. The summed E-state index contributed by atoms with van der Waals surface area (Å²) in [6.07, 6.45) is 2.16. The number of benzene rings is 1. The zero-order chi connectivity index (χ0) is 11.5. The van der Waals surface area contributed by atoms with Gasteiger partial charge in [0.25, 0.3) is 0 Å². The van der Waals surface area contributed by atoms with Crippen LogP contribution in [0.15, 0.2) is 24.3 Å². The summed E-state index contributed by atoms with van der Waals surface area (Å²) in [7, 11) is 4.19. The van der Waals surface area contributed by atoms with Crippen LogP contribution >= 0.6 is 11.6 Å². The molecular weight excluding hydrogens is 220 g/mol. The predicted octanol–water partition coefficient (Wildman–Crippen LogP) is 3.32. The first-order chi connectivity index (χ1) is 7.68. The Balaban J connectivity index is 2.19. The maximum Gasteiger partial charge on any atom is 0.110 e. The van der Waals surface area contributed by atoms with Gasteiger partial charge in [-0.2, -0.15) is 0 Å². The first kappa shape index (κ1) is 11.5. The van der Waals surface area contributed by atoms with Crippen molar-refractivity contribution in [2.45, 2.75) is 12.8 Å². The number of nitrogens with one attached hydrogen (secondary N) is 1. The third-order valence-corrected chi connectivity index (χ3v) is 3.12. The van der Waals surface area contributed by atoms with Crippen molar-refractivity contribution in [2.75, 3.05) is 20.6 Å². The normalized spacial score (nSPS) is 11.5. The Morgan fingerprint density at radius 2 is 2.00 bits per heavy atom. The van der Waals surface area contributed by atoms with Crippen molar-refractivity contribution in [3.63, 3.8) is 0 Å². The summed E-state index contributed by atoms with van der Waals surface area (Å²) in [5.74, 6) is 0. The van der Waals surface area contributed by atoms with Crippen LogP contribution in [0, 0.1) is 0 Å². The van der Waals surface area contributed by atoms with Gasteiger partial charge < -0.3 is 9.88 Å². The largest absolute Gasteiger partial charge is 0.345 e. The fourth-order valence-electron chi connectivity index (χ4n) is 1.98. The van der Waals surface area contributed by atoms with Gasteiger partial charge in [0.2, 0.25) is 0 Å². The quantitative estimate of drug-likeness (QED) is 0.863. The van der Waals surface area contributed by atoms with Gasteiger partial charge in [0.15, 0.2) is 0 Å². The van der Waals surface area contributed by atoms with Crippen LogP contribution in [0.2, 0.25) is 5.15 Å². The molecule has 16 heavy (non-hydrogen) atoms. The zero-order valence-electron chi connectivity index (χ0n) is 9.76. The van der Waals surface area contributed by atoms with E-state index in [1.807, 2.05) is 6.07 Å². The maximum atomic E-state index is 6.21. The molecule has 0 amide bonds. The lowest BCUT2D eigenvalue weighted by Crippen LogP contribution is -2.13. The second-order valence-corrected chi connectivity index (χ2v) is 4.75. The van der Waals surface area contributed by atoms with Crippen LogP contribution in [0.25, 0.3) is 10.9 Å². The molecule has 0 aliphatic heterocycles. The predicted molar refractivity (Wildman–Crippen MR) is 70.2 cm³/mol. The van der Waals surface area contributed by atoms with Crippen molar-refractivity contribution in [1.82, 2.24) is 9.88 Å². The van der Waals surface area contributed by atoms with E-state index in [2.05, 4.69) is 42.2 Å². The molecule has 1 heterocycles. The van der Waals surface area contributed by atoms with E-state index in [1.54, 1.807) is 0 Å². The molecule has 2 aromatic rings. The van der Waals surface area contributed by atoms with Crippen molar-refractivity contribution in [2.24, 2.45) is 0 Å². The van der Waals surface area contributed by atoms with Gasteiger partial charge in [0.1, 0.15) is 5.15 Å². The summed E-state index contributed by atoms with van der Waals surface area (Å²) >= 11 is 6.21. The van der Waals surface area contributed by atoms with Crippen molar-refractivity contribution in [3.8, 4) is 0 Å². The average molecular weight is 237 g/mol. The molecule has 1 aromatic heterocycles. The topological polar surface area (TPSA) is 19.0 Å². The van der Waals surface area contributed by atoms with E-state index in [9.17, 15) is 0 Å². The number of hydrogen-bond donors (Lipinski definition) is 1. The molecular formula is C13H17ClN2. The van der Waals surface area contributed by atoms with Crippen LogP contribution in [0.3, 0.4) is 0 Å². The number of para-hydroxylation sites is 1. The molecule has 3 heteroatoms. The summed E-state index contributed by atoms with van der Waals surface area (Å²) in [4.78, 5) is 5.41. The number of fused-ring (bicyclic) bond motifs is 1. The zero-order valence-corrected chi connectivity index (χ0v) is 10.5. The van der Waals surface area contributed by atoms with E-state index in [4.69, 9.17) is 11.6 Å². The molecule has 0 saturated carbocycles. The molecule has 0 aliphatic rings. The number of hydrogen-bond acceptors (Lipinski definition) is 1. The SMILES string of the molecule is CN(C)CCCc1c(Cl)[nH]c2ccccc12. The highest BCUT2D eigenvalue weighted by Crippen LogP contribution is 2.26. The molecule has 0 bridgehead atoms. The molecule has 2 rings (SSSR count). The van der Waals surface area contributed by atoms with Gasteiger partial charge in [0, 0.05) is 10.9 Å². The van der Waals surface area contributed by atoms with Crippen LogP contribution in [-0.2, 0) is 6.42 Å². The molecule has 2 nitrogen and oxygen atoms in total. The molecule has 0 fully saturated rings. The Labute approximate surface area is 101 Å². The molecule has 0 saturated heterocycles. The molecule has 0 atom stereocenters. The molecule has 86 valence electrons. The van der Waals surface area contributed by atoms with Crippen LogP contribution in [0.4, 0.5) is 0 Å². The molecule has 0 spiro atoms. The average Bonchev–Trinajstić information content (AvgIpc) is 2.55. The highest BCUT2D eigenvalue weighted by molar-refractivity contribution is 6.31. The minimum absolute atomic E-state index is 0.792. The highest BCUT2D eigenvalue weighted by atomic mass is 35.5. The van der Waals surface area contributed by atoms with Gasteiger partial charge in [-0.3, -0.25) is 0 Å². The Kier molecular flexibility index (Phi) is 3.52. The Morgan fingerprint density at radius 1 is 1.25 bits per heavy atom.